The minimum Gasteiger partial charge on any atom is -0.388 e. The zero-order valence-electron chi connectivity index (χ0n) is 11.7. The Bertz CT molecular complexity index is 434. The van der Waals surface area contributed by atoms with E-state index in [1.54, 1.807) is 0 Å². The van der Waals surface area contributed by atoms with Gasteiger partial charge in [0, 0.05) is 30.3 Å². The summed E-state index contributed by atoms with van der Waals surface area (Å²) in [6.45, 7) is 7.38. The van der Waals surface area contributed by atoms with E-state index in [0.29, 0.717) is 6.54 Å². The summed E-state index contributed by atoms with van der Waals surface area (Å²) < 4.78 is 0. The summed E-state index contributed by atoms with van der Waals surface area (Å²) in [5.41, 5.74) is 1.63. The van der Waals surface area contributed by atoms with E-state index in [-0.39, 0.29) is 0 Å². The highest BCUT2D eigenvalue weighted by molar-refractivity contribution is 6.31. The Balaban J connectivity index is 2.10. The lowest BCUT2D eigenvalue weighted by atomic mass is 9.94. The molecular weight excluding hydrogens is 260 g/mol. The molecule has 0 bridgehead atoms. The van der Waals surface area contributed by atoms with Gasteiger partial charge in [0.2, 0.25) is 0 Å². The SMILES string of the molecule is CCNCc1ccc(N2CCCC(C)(O)C2)cc1Cl. The van der Waals surface area contributed by atoms with Crippen LogP contribution in [-0.2, 0) is 6.54 Å². The van der Waals surface area contributed by atoms with Crippen LogP contribution in [0.25, 0.3) is 0 Å². The molecule has 1 heterocycles. The quantitative estimate of drug-likeness (QED) is 0.891. The molecule has 0 spiro atoms. The number of β-amino-alcohol motifs (C(OH)–C–C–N with tert-alkyl or cyclic N) is 1. The molecule has 4 heteroatoms. The molecule has 1 aromatic rings. The molecule has 1 fully saturated rings. The minimum atomic E-state index is -0.590. The molecule has 1 aliphatic heterocycles. The monoisotopic (exact) mass is 282 g/mol. The summed E-state index contributed by atoms with van der Waals surface area (Å²) in [6, 6.07) is 6.18. The van der Waals surface area contributed by atoms with Crippen LogP contribution in [-0.4, -0.2) is 30.3 Å². The van der Waals surface area contributed by atoms with E-state index in [4.69, 9.17) is 11.6 Å². The lowest BCUT2D eigenvalue weighted by Gasteiger charge is -2.38. The van der Waals surface area contributed by atoms with Crippen LogP contribution in [0.3, 0.4) is 0 Å². The number of benzene rings is 1. The number of hydrogen-bond acceptors (Lipinski definition) is 3. The van der Waals surface area contributed by atoms with Gasteiger partial charge in [-0.05, 0) is 44.0 Å². The van der Waals surface area contributed by atoms with Gasteiger partial charge in [0.05, 0.1) is 5.60 Å². The second kappa shape index (κ2) is 6.12. The van der Waals surface area contributed by atoms with Crippen molar-refractivity contribution in [1.29, 1.82) is 0 Å². The normalized spacial score (nSPS) is 23.7. The number of piperidine rings is 1. The fourth-order valence-corrected chi connectivity index (χ4v) is 2.82. The van der Waals surface area contributed by atoms with Crippen molar-refractivity contribution in [2.24, 2.45) is 0 Å². The number of nitrogens with one attached hydrogen (secondary N) is 1. The van der Waals surface area contributed by atoms with Gasteiger partial charge in [-0.15, -0.1) is 0 Å². The molecular formula is C15H23ClN2O. The molecule has 19 heavy (non-hydrogen) atoms. The van der Waals surface area contributed by atoms with Gasteiger partial charge >= 0.3 is 0 Å². The van der Waals surface area contributed by atoms with Gasteiger partial charge < -0.3 is 15.3 Å². The third kappa shape index (κ3) is 3.85. The Morgan fingerprint density at radius 1 is 1.47 bits per heavy atom. The van der Waals surface area contributed by atoms with Crippen LogP contribution in [0.5, 0.6) is 0 Å². The van der Waals surface area contributed by atoms with Crippen molar-refractivity contribution in [3.05, 3.63) is 28.8 Å². The van der Waals surface area contributed by atoms with Gasteiger partial charge in [-0.3, -0.25) is 0 Å². The average Bonchev–Trinajstić information content (AvgIpc) is 2.36. The summed E-state index contributed by atoms with van der Waals surface area (Å²) >= 11 is 6.33. The first kappa shape index (κ1) is 14.6. The molecule has 0 aliphatic carbocycles. The molecule has 0 saturated carbocycles. The summed E-state index contributed by atoms with van der Waals surface area (Å²) in [5, 5.41) is 14.2. The smallest absolute Gasteiger partial charge is 0.0794 e. The Labute approximate surface area is 120 Å². The lowest BCUT2D eigenvalue weighted by molar-refractivity contribution is 0.0449. The van der Waals surface area contributed by atoms with E-state index < -0.39 is 5.60 Å². The van der Waals surface area contributed by atoms with Crippen molar-refractivity contribution in [1.82, 2.24) is 5.32 Å². The van der Waals surface area contributed by atoms with Crippen molar-refractivity contribution in [2.75, 3.05) is 24.5 Å². The van der Waals surface area contributed by atoms with Crippen LogP contribution in [0, 0.1) is 0 Å². The Kier molecular flexibility index (Phi) is 4.71. The number of aliphatic hydroxyl groups is 1. The summed E-state index contributed by atoms with van der Waals surface area (Å²) in [5.74, 6) is 0. The maximum Gasteiger partial charge on any atom is 0.0794 e. The van der Waals surface area contributed by atoms with E-state index in [0.717, 1.165) is 48.7 Å². The summed E-state index contributed by atoms with van der Waals surface area (Å²) in [4.78, 5) is 2.21. The average molecular weight is 283 g/mol. The predicted octanol–water partition coefficient (Wildman–Crippen LogP) is 2.80. The highest BCUT2D eigenvalue weighted by Crippen LogP contribution is 2.29. The zero-order valence-corrected chi connectivity index (χ0v) is 12.5. The van der Waals surface area contributed by atoms with Crippen LogP contribution in [0.15, 0.2) is 18.2 Å². The highest BCUT2D eigenvalue weighted by Gasteiger charge is 2.28. The minimum absolute atomic E-state index is 0.590. The van der Waals surface area contributed by atoms with Gasteiger partial charge in [-0.1, -0.05) is 24.6 Å². The van der Waals surface area contributed by atoms with E-state index in [2.05, 4.69) is 29.3 Å². The fraction of sp³-hybridized carbons (Fsp3) is 0.600. The van der Waals surface area contributed by atoms with Crippen LogP contribution >= 0.6 is 11.6 Å². The maximum absolute atomic E-state index is 10.2. The van der Waals surface area contributed by atoms with Gasteiger partial charge in [0.15, 0.2) is 0 Å². The van der Waals surface area contributed by atoms with E-state index in [1.807, 2.05) is 13.0 Å². The summed E-state index contributed by atoms with van der Waals surface area (Å²) in [6.07, 6.45) is 1.89. The molecule has 0 aromatic heterocycles. The molecule has 1 saturated heterocycles. The van der Waals surface area contributed by atoms with E-state index >= 15 is 0 Å². The second-order valence-electron chi connectivity index (χ2n) is 5.58. The molecule has 2 N–H and O–H groups in total. The van der Waals surface area contributed by atoms with Crippen molar-refractivity contribution in [2.45, 2.75) is 38.8 Å². The lowest BCUT2D eigenvalue weighted by Crippen LogP contribution is -2.46. The largest absolute Gasteiger partial charge is 0.388 e. The number of nitrogens with zero attached hydrogens (tertiary/aromatic N) is 1. The molecule has 106 valence electrons. The standard InChI is InChI=1S/C15H23ClN2O/c1-3-17-10-12-5-6-13(9-14(12)16)18-8-4-7-15(2,19)11-18/h5-6,9,17,19H,3-4,7-8,10-11H2,1-2H3. The number of anilines is 1. The zero-order chi connectivity index (χ0) is 13.9. The molecule has 1 aromatic carbocycles. The van der Waals surface area contributed by atoms with Crippen molar-refractivity contribution in [3.8, 4) is 0 Å². The molecule has 2 rings (SSSR count). The first-order valence-electron chi connectivity index (χ1n) is 6.98. The Hall–Kier alpha value is -0.770. The molecule has 3 nitrogen and oxygen atoms in total. The van der Waals surface area contributed by atoms with Gasteiger partial charge in [-0.25, -0.2) is 0 Å². The van der Waals surface area contributed by atoms with Gasteiger partial charge in [0.1, 0.15) is 0 Å². The first-order chi connectivity index (χ1) is 9.02. The van der Waals surface area contributed by atoms with Crippen LogP contribution < -0.4 is 10.2 Å². The number of rotatable bonds is 4. The molecule has 1 unspecified atom stereocenters. The van der Waals surface area contributed by atoms with Crippen LogP contribution in [0.2, 0.25) is 5.02 Å². The predicted molar refractivity (Wildman–Crippen MR) is 80.9 cm³/mol. The van der Waals surface area contributed by atoms with E-state index in [9.17, 15) is 5.11 Å². The third-order valence-corrected chi connectivity index (χ3v) is 3.99. The molecule has 1 atom stereocenters. The van der Waals surface area contributed by atoms with E-state index in [1.165, 1.54) is 0 Å². The second-order valence-corrected chi connectivity index (χ2v) is 5.99. The number of hydrogen-bond donors (Lipinski definition) is 2. The van der Waals surface area contributed by atoms with Crippen molar-refractivity contribution >= 4 is 17.3 Å². The van der Waals surface area contributed by atoms with Crippen LogP contribution in [0.1, 0.15) is 32.3 Å². The van der Waals surface area contributed by atoms with Crippen LogP contribution in [0.4, 0.5) is 5.69 Å². The summed E-state index contributed by atoms with van der Waals surface area (Å²) in [7, 11) is 0. The van der Waals surface area contributed by atoms with Gasteiger partial charge in [0.25, 0.3) is 0 Å². The molecule has 0 radical (unpaired) electrons. The maximum atomic E-state index is 10.2. The highest BCUT2D eigenvalue weighted by atomic mass is 35.5. The fourth-order valence-electron chi connectivity index (χ4n) is 2.58. The van der Waals surface area contributed by atoms with Crippen molar-refractivity contribution in [3.63, 3.8) is 0 Å². The van der Waals surface area contributed by atoms with Crippen molar-refractivity contribution < 1.29 is 5.11 Å². The molecule has 0 amide bonds. The Morgan fingerprint density at radius 2 is 2.26 bits per heavy atom. The Morgan fingerprint density at radius 3 is 2.89 bits per heavy atom. The first-order valence-corrected chi connectivity index (χ1v) is 7.36. The number of halogens is 1. The van der Waals surface area contributed by atoms with Gasteiger partial charge in [-0.2, -0.15) is 0 Å². The topological polar surface area (TPSA) is 35.5 Å². The molecule has 1 aliphatic rings. The third-order valence-electron chi connectivity index (χ3n) is 3.64.